The highest BCUT2D eigenvalue weighted by molar-refractivity contribution is 5.95. The molecule has 1 atom stereocenters. The van der Waals surface area contributed by atoms with Crippen molar-refractivity contribution >= 4 is 5.91 Å². The number of hydrogen-bond acceptors (Lipinski definition) is 3. The fourth-order valence-electron chi connectivity index (χ4n) is 2.00. The summed E-state index contributed by atoms with van der Waals surface area (Å²) in [6, 6.07) is 9.16. The number of nitrogens with one attached hydrogen (secondary N) is 1. The number of furan rings is 1. The summed E-state index contributed by atoms with van der Waals surface area (Å²) in [5, 5.41) is 2.94. The van der Waals surface area contributed by atoms with Gasteiger partial charge in [-0.05, 0) is 26.0 Å². The predicted molar refractivity (Wildman–Crippen MR) is 72.3 cm³/mol. The van der Waals surface area contributed by atoms with Crippen LogP contribution >= 0.6 is 0 Å². The Morgan fingerprint density at radius 3 is 2.68 bits per heavy atom. The molecular formula is C15H17NO3. The average Bonchev–Trinajstić information content (AvgIpc) is 2.85. The molecule has 0 bridgehead atoms. The normalized spacial score (nSPS) is 11.9. The Morgan fingerprint density at radius 2 is 2.05 bits per heavy atom. The number of rotatable bonds is 4. The first-order valence-electron chi connectivity index (χ1n) is 6.11. The molecule has 2 rings (SSSR count). The second kappa shape index (κ2) is 5.61. The summed E-state index contributed by atoms with van der Waals surface area (Å²) in [6.07, 6.45) is 1.51. The molecule has 2 aromatic rings. The highest BCUT2D eigenvalue weighted by atomic mass is 16.5. The molecule has 0 spiro atoms. The Balaban J connectivity index is 2.15. The monoisotopic (exact) mass is 259 g/mol. The fourth-order valence-corrected chi connectivity index (χ4v) is 2.00. The van der Waals surface area contributed by atoms with Crippen molar-refractivity contribution in [1.29, 1.82) is 0 Å². The lowest BCUT2D eigenvalue weighted by molar-refractivity contribution is 0.0938. The molecule has 0 saturated heterocycles. The third kappa shape index (κ3) is 2.78. The molecular weight excluding hydrogens is 242 g/mol. The smallest absolute Gasteiger partial charge is 0.255 e. The third-order valence-electron chi connectivity index (χ3n) is 3.06. The van der Waals surface area contributed by atoms with Crippen molar-refractivity contribution in [1.82, 2.24) is 5.32 Å². The first kappa shape index (κ1) is 13.2. The lowest BCUT2D eigenvalue weighted by Crippen LogP contribution is -2.27. The van der Waals surface area contributed by atoms with Crippen LogP contribution in [0.25, 0.3) is 0 Å². The van der Waals surface area contributed by atoms with Gasteiger partial charge in [0.15, 0.2) is 0 Å². The summed E-state index contributed by atoms with van der Waals surface area (Å²) >= 11 is 0. The molecule has 1 heterocycles. The fraction of sp³-hybridized carbons (Fsp3) is 0.267. The van der Waals surface area contributed by atoms with Gasteiger partial charge in [-0.3, -0.25) is 4.79 Å². The Labute approximate surface area is 112 Å². The van der Waals surface area contributed by atoms with Crippen molar-refractivity contribution in [2.75, 3.05) is 7.11 Å². The van der Waals surface area contributed by atoms with Crippen molar-refractivity contribution in [3.63, 3.8) is 0 Å². The van der Waals surface area contributed by atoms with Crippen LogP contribution in [-0.2, 0) is 0 Å². The second-order valence-electron chi connectivity index (χ2n) is 4.33. The van der Waals surface area contributed by atoms with Gasteiger partial charge in [-0.15, -0.1) is 0 Å². The molecule has 0 radical (unpaired) electrons. The minimum atomic E-state index is -0.148. The lowest BCUT2D eigenvalue weighted by atomic mass is 10.1. The van der Waals surface area contributed by atoms with Gasteiger partial charge in [-0.2, -0.15) is 0 Å². The van der Waals surface area contributed by atoms with E-state index in [1.54, 1.807) is 20.1 Å². The minimum Gasteiger partial charge on any atom is -0.496 e. The van der Waals surface area contributed by atoms with E-state index in [1.807, 2.05) is 31.2 Å². The lowest BCUT2D eigenvalue weighted by Gasteiger charge is -2.17. The number of para-hydroxylation sites is 1. The van der Waals surface area contributed by atoms with E-state index >= 15 is 0 Å². The minimum absolute atomic E-state index is 0.141. The zero-order chi connectivity index (χ0) is 13.8. The molecule has 1 aromatic heterocycles. The van der Waals surface area contributed by atoms with Gasteiger partial charge in [-0.25, -0.2) is 0 Å². The van der Waals surface area contributed by atoms with Gasteiger partial charge < -0.3 is 14.5 Å². The summed E-state index contributed by atoms with van der Waals surface area (Å²) in [6.45, 7) is 3.69. The topological polar surface area (TPSA) is 51.5 Å². The SMILES string of the molecule is COc1ccccc1[C@H](C)NC(=O)c1ccoc1C. The van der Waals surface area contributed by atoms with E-state index in [-0.39, 0.29) is 11.9 Å². The number of amides is 1. The molecule has 19 heavy (non-hydrogen) atoms. The van der Waals surface area contributed by atoms with E-state index < -0.39 is 0 Å². The van der Waals surface area contributed by atoms with Crippen molar-refractivity contribution in [3.05, 3.63) is 53.5 Å². The van der Waals surface area contributed by atoms with Crippen LogP contribution in [0, 0.1) is 6.92 Å². The molecule has 0 fully saturated rings. The molecule has 4 heteroatoms. The van der Waals surface area contributed by atoms with Crippen molar-refractivity contribution in [2.45, 2.75) is 19.9 Å². The average molecular weight is 259 g/mol. The molecule has 1 N–H and O–H groups in total. The summed E-state index contributed by atoms with van der Waals surface area (Å²) in [4.78, 5) is 12.1. The molecule has 1 amide bonds. The summed E-state index contributed by atoms with van der Waals surface area (Å²) in [7, 11) is 1.62. The van der Waals surface area contributed by atoms with Crippen LogP contribution in [-0.4, -0.2) is 13.0 Å². The van der Waals surface area contributed by atoms with Crippen LogP contribution in [0.1, 0.15) is 34.6 Å². The molecule has 0 aliphatic heterocycles. The standard InChI is InChI=1S/C15H17NO3/c1-10(12-6-4-5-7-14(12)18-3)16-15(17)13-8-9-19-11(13)2/h4-10H,1-3H3,(H,16,17)/t10-/m0/s1. The number of ether oxygens (including phenoxy) is 1. The Kier molecular flexibility index (Phi) is 3.90. The largest absolute Gasteiger partial charge is 0.496 e. The quantitative estimate of drug-likeness (QED) is 0.918. The van der Waals surface area contributed by atoms with E-state index in [9.17, 15) is 4.79 Å². The van der Waals surface area contributed by atoms with E-state index in [2.05, 4.69) is 5.32 Å². The molecule has 0 unspecified atom stereocenters. The summed E-state index contributed by atoms with van der Waals surface area (Å²) < 4.78 is 10.4. The number of hydrogen-bond donors (Lipinski definition) is 1. The van der Waals surface area contributed by atoms with Gasteiger partial charge in [0.1, 0.15) is 11.5 Å². The van der Waals surface area contributed by atoms with Gasteiger partial charge in [0, 0.05) is 5.56 Å². The van der Waals surface area contributed by atoms with E-state index in [1.165, 1.54) is 6.26 Å². The van der Waals surface area contributed by atoms with Crippen molar-refractivity contribution in [2.24, 2.45) is 0 Å². The van der Waals surface area contributed by atoms with Gasteiger partial charge >= 0.3 is 0 Å². The maximum atomic E-state index is 12.1. The van der Waals surface area contributed by atoms with Gasteiger partial charge in [0.25, 0.3) is 5.91 Å². The first-order valence-corrected chi connectivity index (χ1v) is 6.11. The van der Waals surface area contributed by atoms with E-state index in [0.717, 1.165) is 11.3 Å². The number of aryl methyl sites for hydroxylation is 1. The highest BCUT2D eigenvalue weighted by Gasteiger charge is 2.17. The highest BCUT2D eigenvalue weighted by Crippen LogP contribution is 2.24. The number of benzene rings is 1. The van der Waals surface area contributed by atoms with Gasteiger partial charge in [0.2, 0.25) is 0 Å². The molecule has 100 valence electrons. The third-order valence-corrected chi connectivity index (χ3v) is 3.06. The summed E-state index contributed by atoms with van der Waals surface area (Å²) in [5.41, 5.74) is 1.50. The zero-order valence-corrected chi connectivity index (χ0v) is 11.3. The molecule has 0 saturated carbocycles. The van der Waals surface area contributed by atoms with Crippen LogP contribution < -0.4 is 10.1 Å². The van der Waals surface area contributed by atoms with Crippen molar-refractivity contribution in [3.8, 4) is 5.75 Å². The van der Waals surface area contributed by atoms with Crippen LogP contribution in [0.3, 0.4) is 0 Å². The maximum absolute atomic E-state index is 12.1. The second-order valence-corrected chi connectivity index (χ2v) is 4.33. The Hall–Kier alpha value is -2.23. The molecule has 0 aliphatic rings. The predicted octanol–water partition coefficient (Wildman–Crippen LogP) is 3.09. The van der Waals surface area contributed by atoms with Crippen LogP contribution in [0.5, 0.6) is 5.75 Å². The summed E-state index contributed by atoms with van der Waals surface area (Å²) in [5.74, 6) is 1.23. The first-order chi connectivity index (χ1) is 9.13. The number of carbonyl (C=O) groups excluding carboxylic acids is 1. The zero-order valence-electron chi connectivity index (χ0n) is 11.3. The van der Waals surface area contributed by atoms with Crippen LogP contribution in [0.15, 0.2) is 41.0 Å². The van der Waals surface area contributed by atoms with Gasteiger partial charge in [0.05, 0.1) is 25.0 Å². The van der Waals surface area contributed by atoms with Crippen molar-refractivity contribution < 1.29 is 13.9 Å². The molecule has 1 aromatic carbocycles. The number of methoxy groups -OCH3 is 1. The van der Waals surface area contributed by atoms with Crippen LogP contribution in [0.2, 0.25) is 0 Å². The van der Waals surface area contributed by atoms with E-state index in [0.29, 0.717) is 11.3 Å². The van der Waals surface area contributed by atoms with Crippen LogP contribution in [0.4, 0.5) is 0 Å². The number of carbonyl (C=O) groups is 1. The molecule has 0 aliphatic carbocycles. The molecule has 4 nitrogen and oxygen atoms in total. The van der Waals surface area contributed by atoms with Gasteiger partial charge in [-0.1, -0.05) is 18.2 Å². The Bertz CT molecular complexity index is 574. The van der Waals surface area contributed by atoms with E-state index in [4.69, 9.17) is 9.15 Å². The Morgan fingerprint density at radius 1 is 1.32 bits per heavy atom. The maximum Gasteiger partial charge on any atom is 0.255 e.